The predicted molar refractivity (Wildman–Crippen MR) is 65.1 cm³/mol. The molecule has 1 aromatic carbocycles. The molecule has 2 heterocycles. The van der Waals surface area contributed by atoms with Crippen molar-refractivity contribution in [3.63, 3.8) is 0 Å². The lowest BCUT2D eigenvalue weighted by Gasteiger charge is -2.19. The van der Waals surface area contributed by atoms with E-state index in [1.807, 2.05) is 0 Å². The first-order valence-electron chi connectivity index (χ1n) is 5.97. The Labute approximate surface area is 108 Å². The third-order valence-corrected chi connectivity index (χ3v) is 3.25. The van der Waals surface area contributed by atoms with Crippen molar-refractivity contribution in [3.8, 4) is 0 Å². The molecule has 6 nitrogen and oxygen atoms in total. The van der Waals surface area contributed by atoms with Crippen LogP contribution in [0.1, 0.15) is 18.4 Å². The van der Waals surface area contributed by atoms with Gasteiger partial charge in [0.25, 0.3) is 5.69 Å². The highest BCUT2D eigenvalue weighted by atomic mass is 16.7. The average molecular weight is 261 g/mol. The number of non-ortho nitro benzene ring substituents is 1. The van der Waals surface area contributed by atoms with Crippen LogP contribution in [0.5, 0.6) is 0 Å². The quantitative estimate of drug-likeness (QED) is 0.462. The summed E-state index contributed by atoms with van der Waals surface area (Å²) < 4.78 is 10.5. The van der Waals surface area contributed by atoms with E-state index in [-0.39, 0.29) is 5.69 Å². The Kier molecular flexibility index (Phi) is 2.79. The fourth-order valence-electron chi connectivity index (χ4n) is 2.36. The first kappa shape index (κ1) is 11.9. The summed E-state index contributed by atoms with van der Waals surface area (Å²) in [5.41, 5.74) is 1.96. The maximum Gasteiger partial charge on any atom is 0.341 e. The summed E-state index contributed by atoms with van der Waals surface area (Å²) in [5, 5.41) is 10.6. The van der Waals surface area contributed by atoms with Gasteiger partial charge in [-0.1, -0.05) is 0 Å². The van der Waals surface area contributed by atoms with E-state index < -0.39 is 17.2 Å². The molecule has 0 aromatic heterocycles. The number of benzene rings is 1. The van der Waals surface area contributed by atoms with Gasteiger partial charge in [-0.2, -0.15) is 0 Å². The molecule has 19 heavy (non-hydrogen) atoms. The number of rotatable bonds is 2. The summed E-state index contributed by atoms with van der Waals surface area (Å²) >= 11 is 0. The minimum Gasteiger partial charge on any atom is -0.428 e. The summed E-state index contributed by atoms with van der Waals surface area (Å²) in [4.78, 5) is 22.0. The number of nitrogens with zero attached hydrogens (tertiary/aromatic N) is 1. The van der Waals surface area contributed by atoms with Gasteiger partial charge in [-0.05, 0) is 30.5 Å². The van der Waals surface area contributed by atoms with Crippen molar-refractivity contribution >= 4 is 17.2 Å². The molecule has 2 aliphatic heterocycles. The molecule has 1 fully saturated rings. The molecular weight excluding hydrogens is 250 g/mol. The molecular formula is C13H11NO5. The van der Waals surface area contributed by atoms with Crippen molar-refractivity contribution in [2.24, 2.45) is 0 Å². The van der Waals surface area contributed by atoms with E-state index in [2.05, 4.69) is 0 Å². The zero-order valence-electron chi connectivity index (χ0n) is 10.00. The molecule has 3 rings (SSSR count). The minimum atomic E-state index is -0.577. The number of fused-ring (bicyclic) bond motifs is 1. The molecule has 1 unspecified atom stereocenters. The predicted octanol–water partition coefficient (Wildman–Crippen LogP) is 2.04. The van der Waals surface area contributed by atoms with Gasteiger partial charge >= 0.3 is 5.97 Å². The van der Waals surface area contributed by atoms with E-state index in [4.69, 9.17) is 9.47 Å². The van der Waals surface area contributed by atoms with E-state index >= 15 is 0 Å². The van der Waals surface area contributed by atoms with Crippen molar-refractivity contribution < 1.29 is 19.2 Å². The summed E-state index contributed by atoms with van der Waals surface area (Å²) in [6, 6.07) is 5.90. The van der Waals surface area contributed by atoms with Crippen LogP contribution in [0.3, 0.4) is 0 Å². The topological polar surface area (TPSA) is 78.7 Å². The molecule has 1 aromatic rings. The van der Waals surface area contributed by atoms with Crippen LogP contribution in [0.2, 0.25) is 0 Å². The molecule has 6 heteroatoms. The maximum atomic E-state index is 11.9. The molecule has 98 valence electrons. The standard InChI is InChI=1S/C13H11NO5/c15-12-11(10-2-1-7-18-13(10)19-12)8-3-5-9(6-4-8)14(16)17/h3-6,13H,1-2,7H2. The number of nitro benzene ring substituents is 1. The summed E-state index contributed by atoms with van der Waals surface area (Å²) in [7, 11) is 0. The first-order valence-corrected chi connectivity index (χ1v) is 5.97. The van der Waals surface area contributed by atoms with Crippen LogP contribution in [0, 0.1) is 10.1 Å². The van der Waals surface area contributed by atoms with E-state index in [0.717, 1.165) is 18.4 Å². The lowest BCUT2D eigenvalue weighted by atomic mass is 9.97. The number of esters is 1. The lowest BCUT2D eigenvalue weighted by Crippen LogP contribution is -2.21. The molecule has 0 bridgehead atoms. The van der Waals surface area contributed by atoms with Gasteiger partial charge in [0.15, 0.2) is 0 Å². The third kappa shape index (κ3) is 2.00. The van der Waals surface area contributed by atoms with Gasteiger partial charge in [-0.3, -0.25) is 10.1 Å². The van der Waals surface area contributed by atoms with Crippen molar-refractivity contribution in [2.75, 3.05) is 6.61 Å². The molecule has 0 amide bonds. The second-order valence-electron chi connectivity index (χ2n) is 4.42. The molecule has 0 aliphatic carbocycles. The summed E-state index contributed by atoms with van der Waals surface area (Å²) in [5.74, 6) is -0.421. The second kappa shape index (κ2) is 4.47. The van der Waals surface area contributed by atoms with E-state index in [9.17, 15) is 14.9 Å². The highest BCUT2D eigenvalue weighted by molar-refractivity contribution is 6.19. The molecule has 1 atom stereocenters. The fraction of sp³-hybridized carbons (Fsp3) is 0.308. The molecule has 1 saturated heterocycles. The number of nitro groups is 1. The Morgan fingerprint density at radius 3 is 2.68 bits per heavy atom. The van der Waals surface area contributed by atoms with Gasteiger partial charge in [0.1, 0.15) is 0 Å². The van der Waals surface area contributed by atoms with Crippen LogP contribution in [0.15, 0.2) is 29.8 Å². The second-order valence-corrected chi connectivity index (χ2v) is 4.42. The van der Waals surface area contributed by atoms with E-state index in [0.29, 0.717) is 17.7 Å². The molecule has 0 spiro atoms. The van der Waals surface area contributed by atoms with Crippen molar-refractivity contribution in [1.29, 1.82) is 0 Å². The van der Waals surface area contributed by atoms with Gasteiger partial charge in [-0.15, -0.1) is 0 Å². The van der Waals surface area contributed by atoms with Crippen molar-refractivity contribution in [3.05, 3.63) is 45.5 Å². The van der Waals surface area contributed by atoms with Crippen LogP contribution in [-0.4, -0.2) is 23.8 Å². The number of hydrogen-bond donors (Lipinski definition) is 0. The lowest BCUT2D eigenvalue weighted by molar-refractivity contribution is -0.384. The maximum absolute atomic E-state index is 11.9. The van der Waals surface area contributed by atoms with Crippen LogP contribution < -0.4 is 0 Å². The van der Waals surface area contributed by atoms with Gasteiger partial charge < -0.3 is 9.47 Å². The number of hydrogen-bond acceptors (Lipinski definition) is 5. The van der Waals surface area contributed by atoms with E-state index in [1.54, 1.807) is 12.1 Å². The minimum absolute atomic E-state index is 0.00263. The SMILES string of the molecule is O=C1OC2OCCCC2=C1c1ccc([N+](=O)[O-])cc1. The van der Waals surface area contributed by atoms with Crippen LogP contribution in [0.25, 0.3) is 5.57 Å². The Morgan fingerprint density at radius 1 is 1.26 bits per heavy atom. The highest BCUT2D eigenvalue weighted by Gasteiger charge is 2.37. The zero-order chi connectivity index (χ0) is 13.4. The monoisotopic (exact) mass is 261 g/mol. The first-order chi connectivity index (χ1) is 9.16. The van der Waals surface area contributed by atoms with Crippen molar-refractivity contribution in [2.45, 2.75) is 19.1 Å². The van der Waals surface area contributed by atoms with Gasteiger partial charge in [-0.25, -0.2) is 4.79 Å². The van der Waals surface area contributed by atoms with Gasteiger partial charge in [0.05, 0.1) is 17.1 Å². The van der Waals surface area contributed by atoms with E-state index in [1.165, 1.54) is 12.1 Å². The highest BCUT2D eigenvalue weighted by Crippen LogP contribution is 2.36. The van der Waals surface area contributed by atoms with Crippen molar-refractivity contribution in [1.82, 2.24) is 0 Å². The normalized spacial score (nSPS) is 22.1. The average Bonchev–Trinajstić information content (AvgIpc) is 2.74. The number of ether oxygens (including phenoxy) is 2. The Balaban J connectivity index is 2.00. The largest absolute Gasteiger partial charge is 0.428 e. The summed E-state index contributed by atoms with van der Waals surface area (Å²) in [6.07, 6.45) is 1.02. The fourth-order valence-corrected chi connectivity index (χ4v) is 2.36. The third-order valence-electron chi connectivity index (χ3n) is 3.25. The molecule has 2 aliphatic rings. The van der Waals surface area contributed by atoms with Crippen LogP contribution in [-0.2, 0) is 14.3 Å². The molecule has 0 saturated carbocycles. The van der Waals surface area contributed by atoms with Gasteiger partial charge in [0, 0.05) is 17.7 Å². The molecule has 0 N–H and O–H groups in total. The molecule has 0 radical (unpaired) electrons. The summed E-state index contributed by atoms with van der Waals surface area (Å²) in [6.45, 7) is 0.578. The number of carbonyl (C=O) groups is 1. The Bertz CT molecular complexity index is 575. The zero-order valence-corrected chi connectivity index (χ0v) is 10.00. The van der Waals surface area contributed by atoms with Gasteiger partial charge in [0.2, 0.25) is 6.29 Å². The smallest absolute Gasteiger partial charge is 0.341 e. The Hall–Kier alpha value is -2.21. The van der Waals surface area contributed by atoms with Crippen LogP contribution in [0.4, 0.5) is 5.69 Å². The van der Waals surface area contributed by atoms with Crippen LogP contribution >= 0.6 is 0 Å². The Morgan fingerprint density at radius 2 is 2.00 bits per heavy atom. The number of carbonyl (C=O) groups excluding carboxylic acids is 1.